The minimum atomic E-state index is -2.18. The Balaban J connectivity index is 0.000000145. The molecule has 0 radical (unpaired) electrons. The van der Waals surface area contributed by atoms with E-state index in [1.54, 1.807) is 46.5 Å². The summed E-state index contributed by atoms with van der Waals surface area (Å²) in [4.78, 5) is 0. The van der Waals surface area contributed by atoms with Crippen molar-refractivity contribution in [3.63, 3.8) is 0 Å². The standard InChI is InChI=1S/C19H22NO4.C19H22NO.C18H20NO.C16H11F5NO.C16H15FNO.CH2F2/c1-12-6-13(2)18-15(7-12)20(11-24-18)10-14-8-16(21-3)19(23-5)17(9-14)22-4;1-12-6-14(3)17(15(4)7-12)10-20-11-21-19-16(5)8-13(2)9-18(19)20;1-12-5-6-14(3)16(8-12)10-19-11-20-18-15(4)7-13(2)9-17(18)19;1-7-3-8(2)16-10(4-7)22(6-23-16)5-9-11(17)13(19)15(21)14(20)12(9)18;1-11-7-12(2)16-15(8-11)18(10-19-16)9-13-3-5-14(17)6-4-13;2-1-3/h6-10H,11H2,1-5H3;6-10H,11H2,1-5H3;5-10H,11H2,1-4H3;3-5H,6H2,1-2H3;3-9H,10H2,1-2H3;1H2/q5*+1;/b2*20-10-;19-10-;22-5-;18-9-;. The zero-order chi connectivity index (χ0) is 79.7. The average Bonchev–Trinajstić information content (AvgIpc) is 1.48. The second kappa shape index (κ2) is 35.2. The molecule has 5 heterocycles. The van der Waals surface area contributed by atoms with Gasteiger partial charge in [0.15, 0.2) is 65.8 Å². The number of benzene rings is 10. The van der Waals surface area contributed by atoms with Crippen LogP contribution in [-0.4, -0.2) is 116 Å². The maximum Gasteiger partial charge on any atom is 0.293 e. The first-order chi connectivity index (χ1) is 52.4. The van der Waals surface area contributed by atoms with Crippen molar-refractivity contribution in [1.29, 1.82) is 0 Å². The van der Waals surface area contributed by atoms with Crippen LogP contribution in [0.5, 0.6) is 46.0 Å². The van der Waals surface area contributed by atoms with Gasteiger partial charge in [-0.25, -0.2) is 35.1 Å². The lowest BCUT2D eigenvalue weighted by Crippen LogP contribution is -2.13. The number of hydrogen-bond donors (Lipinski definition) is 0. The number of rotatable bonds is 8. The summed E-state index contributed by atoms with van der Waals surface area (Å²) in [5.74, 6) is -3.86. The number of methoxy groups -OCH3 is 3. The third kappa shape index (κ3) is 18.4. The molecule has 15 rings (SSSR count). The van der Waals surface area contributed by atoms with Crippen LogP contribution >= 0.6 is 0 Å². The average molecular weight is 1510 g/mol. The number of hydrogen-bond acceptors (Lipinski definition) is 8. The fourth-order valence-electron chi connectivity index (χ4n) is 13.8. The molecule has 0 spiro atoms. The van der Waals surface area contributed by atoms with Gasteiger partial charge in [0.1, 0.15) is 11.4 Å². The lowest BCUT2D eigenvalue weighted by atomic mass is 10.0. The number of ether oxygens (including phenoxy) is 8. The summed E-state index contributed by atoms with van der Waals surface area (Å²) in [5, 5.41) is 0. The van der Waals surface area contributed by atoms with E-state index in [0.29, 0.717) is 55.6 Å². The lowest BCUT2D eigenvalue weighted by Gasteiger charge is -2.12. The molecule has 0 aromatic heterocycles. The first-order valence-electron chi connectivity index (χ1n) is 35.5. The van der Waals surface area contributed by atoms with Crippen LogP contribution < -0.4 is 37.9 Å². The van der Waals surface area contributed by atoms with Crippen LogP contribution in [0.25, 0.3) is 0 Å². The molecule has 0 atom stereocenters. The Labute approximate surface area is 637 Å². The van der Waals surface area contributed by atoms with Gasteiger partial charge in [0, 0.05) is 52.6 Å². The first kappa shape index (κ1) is 80.9. The van der Waals surface area contributed by atoms with E-state index in [0.717, 1.165) is 74.0 Å². The molecule has 110 heavy (non-hydrogen) atoms. The van der Waals surface area contributed by atoms with Gasteiger partial charge in [0.2, 0.25) is 47.2 Å². The Morgan fingerprint density at radius 3 is 0.945 bits per heavy atom. The minimum absolute atomic E-state index is 0.0842. The highest BCUT2D eigenvalue weighted by Crippen LogP contribution is 2.43. The molecule has 0 fully saturated rings. The van der Waals surface area contributed by atoms with Crippen molar-refractivity contribution in [3.05, 3.63) is 274 Å². The summed E-state index contributed by atoms with van der Waals surface area (Å²) in [6, 6.07) is 42.1. The fourth-order valence-corrected chi connectivity index (χ4v) is 13.8. The summed E-state index contributed by atoms with van der Waals surface area (Å²) >= 11 is 0. The number of alkyl halides is 2. The molecule has 0 amide bonds. The van der Waals surface area contributed by atoms with E-state index in [4.69, 9.17) is 37.9 Å². The maximum absolute atomic E-state index is 13.8. The van der Waals surface area contributed by atoms with Crippen molar-refractivity contribution in [2.24, 2.45) is 0 Å². The molecular formula is C89H92F8N5O8+5. The molecule has 21 heteroatoms. The predicted octanol–water partition coefficient (Wildman–Crippen LogP) is 20.4. The lowest BCUT2D eigenvalue weighted by molar-refractivity contribution is -0.453. The monoisotopic (exact) mass is 1510 g/mol. The van der Waals surface area contributed by atoms with Crippen molar-refractivity contribution in [1.82, 2.24) is 0 Å². The Hall–Kier alpha value is -11.6. The van der Waals surface area contributed by atoms with Gasteiger partial charge in [-0.3, -0.25) is 0 Å². The Kier molecular flexibility index (Phi) is 25.9. The van der Waals surface area contributed by atoms with Gasteiger partial charge in [-0.05, 0) is 219 Å². The highest BCUT2D eigenvalue weighted by atomic mass is 19.3. The van der Waals surface area contributed by atoms with E-state index >= 15 is 0 Å². The molecule has 0 bridgehead atoms. The Morgan fingerprint density at radius 1 is 0.300 bits per heavy atom. The van der Waals surface area contributed by atoms with Crippen LogP contribution in [0.4, 0.5) is 63.6 Å². The number of halogens is 8. The number of nitrogens with zero attached hydrogens (tertiary/aromatic N) is 5. The van der Waals surface area contributed by atoms with E-state index in [1.165, 1.54) is 100 Å². The summed E-state index contributed by atoms with van der Waals surface area (Å²) in [7, 11) is 4.82. The molecular weight excluding hydrogens is 1420 g/mol. The van der Waals surface area contributed by atoms with E-state index < -0.39 is 41.6 Å². The molecule has 13 nitrogen and oxygen atoms in total. The molecule has 0 aliphatic carbocycles. The Morgan fingerprint density at radius 2 is 0.600 bits per heavy atom. The normalized spacial score (nSPS) is 14.8. The molecule has 572 valence electrons. The van der Waals surface area contributed by atoms with Crippen LogP contribution in [0.15, 0.2) is 127 Å². The Bertz CT molecular complexity index is 5280. The largest absolute Gasteiger partial charge is 0.493 e. The second-order valence-corrected chi connectivity index (χ2v) is 27.8. The third-order valence-electron chi connectivity index (χ3n) is 18.7. The van der Waals surface area contributed by atoms with Gasteiger partial charge in [-0.2, -0.15) is 22.9 Å². The van der Waals surface area contributed by atoms with E-state index in [-0.39, 0.29) is 12.5 Å². The zero-order valence-electron chi connectivity index (χ0n) is 65.3. The topological polar surface area (TPSA) is 88.9 Å². The number of fused-ring (bicyclic) bond motifs is 5. The van der Waals surface area contributed by atoms with E-state index in [1.807, 2.05) is 49.1 Å². The maximum atomic E-state index is 13.8. The molecule has 10 aromatic rings. The van der Waals surface area contributed by atoms with Gasteiger partial charge in [-0.1, -0.05) is 65.7 Å². The summed E-state index contributed by atoms with van der Waals surface area (Å²) in [5.41, 5.74) is 26.3. The van der Waals surface area contributed by atoms with Crippen molar-refractivity contribution in [2.45, 2.75) is 104 Å². The quantitative estimate of drug-likeness (QED) is 0.0643. The second-order valence-electron chi connectivity index (χ2n) is 27.8. The third-order valence-corrected chi connectivity index (χ3v) is 18.7. The summed E-state index contributed by atoms with van der Waals surface area (Å²) in [6.45, 7) is 31.4. The molecule has 0 unspecified atom stereocenters. The molecule has 10 aromatic carbocycles. The zero-order valence-corrected chi connectivity index (χ0v) is 65.3. The van der Waals surface area contributed by atoms with Gasteiger partial charge in [0.05, 0.1) is 21.3 Å². The van der Waals surface area contributed by atoms with Crippen molar-refractivity contribution < 1.29 is 95.9 Å². The van der Waals surface area contributed by atoms with E-state index in [9.17, 15) is 35.1 Å². The van der Waals surface area contributed by atoms with Crippen LogP contribution in [-0.2, 0) is 0 Å². The molecule has 0 saturated carbocycles. The van der Waals surface area contributed by atoms with Crippen LogP contribution in [0.3, 0.4) is 0 Å². The van der Waals surface area contributed by atoms with E-state index in [2.05, 4.69) is 188 Å². The van der Waals surface area contributed by atoms with Gasteiger partial charge in [0.25, 0.3) is 62.1 Å². The van der Waals surface area contributed by atoms with Crippen molar-refractivity contribution in [2.75, 3.05) is 61.9 Å². The smallest absolute Gasteiger partial charge is 0.293 e. The molecule has 5 aliphatic rings. The predicted molar refractivity (Wildman–Crippen MR) is 415 cm³/mol. The molecule has 0 N–H and O–H groups in total. The van der Waals surface area contributed by atoms with Crippen LogP contribution in [0.2, 0.25) is 0 Å². The first-order valence-corrected chi connectivity index (χ1v) is 35.5. The van der Waals surface area contributed by atoms with Gasteiger partial charge >= 0.3 is 0 Å². The van der Waals surface area contributed by atoms with Crippen molar-refractivity contribution >= 4 is 59.5 Å². The fraction of sp³-hybridized carbons (Fsp3) is 0.270. The number of aryl methyl sites for hydroxylation is 15. The summed E-state index contributed by atoms with van der Waals surface area (Å²) < 4.78 is 154. The van der Waals surface area contributed by atoms with Crippen molar-refractivity contribution in [3.8, 4) is 46.0 Å². The molecule has 5 aliphatic heterocycles. The highest BCUT2D eigenvalue weighted by Gasteiger charge is 2.34. The van der Waals surface area contributed by atoms with Crippen LogP contribution in [0.1, 0.15) is 111 Å². The van der Waals surface area contributed by atoms with Crippen LogP contribution in [0, 0.1) is 139 Å². The molecule has 0 saturated heterocycles. The van der Waals surface area contributed by atoms with Gasteiger partial charge in [-0.15, -0.1) is 0 Å². The minimum Gasteiger partial charge on any atom is -0.493 e. The summed E-state index contributed by atoms with van der Waals surface area (Å²) in [6.07, 6.45) is 9.27. The SMILES string of the molecule is COc1cc(/C=[N+]2/COc3c(C)cc(C)cc32)cc(OC)c1OC.Cc1cc(C)c(/C=[N+]2/COc3c(C)cc(C)cc32)c(C)c1.Cc1cc(C)c2c(c1)/[N+](=C\c1c(F)c(F)c(F)c(F)c1F)CO2.Cc1cc(C)c2c(c1)/[N+](=C\c1ccc(F)cc1)CO2.Cc1ccc(C)c(/C=[N+]2/COc3c(C)cc(C)cc32)c1.FCF. The highest BCUT2D eigenvalue weighted by molar-refractivity contribution is 5.84. The van der Waals surface area contributed by atoms with Gasteiger partial charge < -0.3 is 37.9 Å².